The molecule has 0 aliphatic heterocycles. The number of nitrogens with zero attached hydrogens (tertiary/aromatic N) is 2. The van der Waals surface area contributed by atoms with Gasteiger partial charge in [-0.05, 0) is 47.1 Å². The molecule has 4 nitrogen and oxygen atoms in total. The maximum absolute atomic E-state index is 5.71. The van der Waals surface area contributed by atoms with Crippen LogP contribution in [0.4, 0.5) is 0 Å². The first-order valence-corrected chi connectivity index (χ1v) is 7.50. The van der Waals surface area contributed by atoms with Crippen molar-refractivity contribution in [1.29, 1.82) is 0 Å². The number of ether oxygens (including phenoxy) is 1. The predicted molar refractivity (Wildman–Crippen MR) is 83.0 cm³/mol. The van der Waals surface area contributed by atoms with Crippen LogP contribution in [-0.4, -0.2) is 16.5 Å². The predicted octanol–water partition coefficient (Wildman–Crippen LogP) is 4.09. The lowest BCUT2D eigenvalue weighted by molar-refractivity contribution is 0.473. The fourth-order valence-corrected chi connectivity index (χ4v) is 2.29. The summed E-state index contributed by atoms with van der Waals surface area (Å²) in [4.78, 5) is 8.53. The summed E-state index contributed by atoms with van der Waals surface area (Å²) in [6.07, 6.45) is 6.15. The van der Waals surface area contributed by atoms with E-state index in [4.69, 9.17) is 4.74 Å². The summed E-state index contributed by atoms with van der Waals surface area (Å²) in [6.45, 7) is 5.18. The Morgan fingerprint density at radius 1 is 1.20 bits per heavy atom. The molecule has 0 aromatic carbocycles. The molecule has 0 fully saturated rings. The molecule has 20 heavy (non-hydrogen) atoms. The number of halogens is 1. The van der Waals surface area contributed by atoms with Crippen LogP contribution >= 0.6 is 15.9 Å². The Kier molecular flexibility index (Phi) is 5.49. The quantitative estimate of drug-likeness (QED) is 0.863. The third-order valence-corrected chi connectivity index (χ3v) is 3.32. The van der Waals surface area contributed by atoms with Crippen LogP contribution in [0.1, 0.15) is 32.0 Å². The second-order valence-electron chi connectivity index (χ2n) is 4.38. The van der Waals surface area contributed by atoms with E-state index in [1.807, 2.05) is 18.2 Å². The molecule has 0 bridgehead atoms. The zero-order chi connectivity index (χ0) is 14.4. The number of rotatable bonds is 6. The van der Waals surface area contributed by atoms with Crippen LogP contribution in [0.5, 0.6) is 11.5 Å². The van der Waals surface area contributed by atoms with E-state index in [1.165, 1.54) is 0 Å². The number of aromatic nitrogens is 2. The molecular formula is C15H18BrN3O. The van der Waals surface area contributed by atoms with Gasteiger partial charge in [0.25, 0.3) is 0 Å². The molecule has 0 amide bonds. The van der Waals surface area contributed by atoms with Gasteiger partial charge in [0.05, 0.1) is 18.1 Å². The fourth-order valence-electron chi connectivity index (χ4n) is 1.95. The van der Waals surface area contributed by atoms with Gasteiger partial charge in [-0.15, -0.1) is 0 Å². The van der Waals surface area contributed by atoms with Crippen LogP contribution in [0.15, 0.2) is 41.3 Å². The molecule has 2 heterocycles. The smallest absolute Gasteiger partial charge is 0.146 e. The van der Waals surface area contributed by atoms with Crippen molar-refractivity contribution in [1.82, 2.24) is 15.3 Å². The second-order valence-corrected chi connectivity index (χ2v) is 5.29. The lowest BCUT2D eigenvalue weighted by Crippen LogP contribution is -2.20. The first kappa shape index (κ1) is 14.9. The minimum absolute atomic E-state index is 0.293. The van der Waals surface area contributed by atoms with Crippen molar-refractivity contribution in [2.24, 2.45) is 0 Å². The van der Waals surface area contributed by atoms with Gasteiger partial charge in [0.15, 0.2) is 0 Å². The molecule has 1 unspecified atom stereocenters. The Balaban J connectivity index is 2.08. The van der Waals surface area contributed by atoms with Crippen molar-refractivity contribution in [2.75, 3.05) is 6.54 Å². The molecule has 0 saturated heterocycles. The van der Waals surface area contributed by atoms with Gasteiger partial charge in [0.1, 0.15) is 11.5 Å². The van der Waals surface area contributed by atoms with E-state index < -0.39 is 0 Å². The number of nitrogens with one attached hydrogen (secondary N) is 1. The Labute approximate surface area is 127 Å². The fraction of sp³-hybridized carbons (Fsp3) is 0.333. The molecule has 106 valence electrons. The average molecular weight is 336 g/mol. The summed E-state index contributed by atoms with van der Waals surface area (Å²) >= 11 is 3.37. The maximum atomic E-state index is 5.71. The van der Waals surface area contributed by atoms with Gasteiger partial charge >= 0.3 is 0 Å². The van der Waals surface area contributed by atoms with Gasteiger partial charge in [-0.3, -0.25) is 9.97 Å². The molecular weight excluding hydrogens is 318 g/mol. The van der Waals surface area contributed by atoms with Crippen LogP contribution in [-0.2, 0) is 0 Å². The van der Waals surface area contributed by atoms with Gasteiger partial charge in [-0.2, -0.15) is 0 Å². The highest BCUT2D eigenvalue weighted by Crippen LogP contribution is 2.24. The normalized spacial score (nSPS) is 12.2. The highest BCUT2D eigenvalue weighted by Gasteiger charge is 2.09. The van der Waals surface area contributed by atoms with Crippen molar-refractivity contribution < 1.29 is 4.74 Å². The SMILES string of the molecule is CCNC(CC)c1ccc(Oc2cncc(Br)c2)cn1. The van der Waals surface area contributed by atoms with Crippen LogP contribution in [0, 0.1) is 0 Å². The third-order valence-electron chi connectivity index (χ3n) is 2.89. The summed E-state index contributed by atoms with van der Waals surface area (Å²) in [5.74, 6) is 1.40. The van der Waals surface area contributed by atoms with Crippen molar-refractivity contribution in [3.8, 4) is 11.5 Å². The minimum Gasteiger partial charge on any atom is -0.454 e. The lowest BCUT2D eigenvalue weighted by Gasteiger charge is -2.15. The largest absolute Gasteiger partial charge is 0.454 e. The van der Waals surface area contributed by atoms with Crippen molar-refractivity contribution in [3.05, 3.63) is 47.0 Å². The van der Waals surface area contributed by atoms with Crippen molar-refractivity contribution >= 4 is 15.9 Å². The van der Waals surface area contributed by atoms with Crippen molar-refractivity contribution in [2.45, 2.75) is 26.3 Å². The molecule has 0 aliphatic carbocycles. The van der Waals surface area contributed by atoms with Crippen molar-refractivity contribution in [3.63, 3.8) is 0 Å². The zero-order valence-corrected chi connectivity index (χ0v) is 13.2. The van der Waals surface area contributed by atoms with E-state index in [2.05, 4.69) is 45.1 Å². The molecule has 2 rings (SSSR count). The number of hydrogen-bond acceptors (Lipinski definition) is 4. The van der Waals surface area contributed by atoms with Crippen LogP contribution in [0.25, 0.3) is 0 Å². The monoisotopic (exact) mass is 335 g/mol. The summed E-state index contributed by atoms with van der Waals surface area (Å²) in [5, 5.41) is 3.41. The Bertz CT molecular complexity index is 545. The van der Waals surface area contributed by atoms with Gasteiger partial charge in [-0.25, -0.2) is 0 Å². The van der Waals surface area contributed by atoms with E-state index >= 15 is 0 Å². The van der Waals surface area contributed by atoms with Gasteiger partial charge in [0.2, 0.25) is 0 Å². The molecule has 2 aromatic rings. The maximum Gasteiger partial charge on any atom is 0.146 e. The first-order chi connectivity index (χ1) is 9.72. The summed E-state index contributed by atoms with van der Waals surface area (Å²) in [7, 11) is 0. The molecule has 2 aromatic heterocycles. The highest BCUT2D eigenvalue weighted by molar-refractivity contribution is 9.10. The van der Waals surface area contributed by atoms with E-state index in [1.54, 1.807) is 18.6 Å². The van der Waals surface area contributed by atoms with Gasteiger partial charge in [-0.1, -0.05) is 13.8 Å². The standard InChI is InChI=1S/C15H18BrN3O/c1-3-14(18-4-2)15-6-5-12(10-19-15)20-13-7-11(16)8-17-9-13/h5-10,14,18H,3-4H2,1-2H3. The third kappa shape index (κ3) is 4.02. The van der Waals surface area contributed by atoms with E-state index in [9.17, 15) is 0 Å². The molecule has 1 N–H and O–H groups in total. The topological polar surface area (TPSA) is 47.0 Å². The Morgan fingerprint density at radius 2 is 2.05 bits per heavy atom. The lowest BCUT2D eigenvalue weighted by atomic mass is 10.1. The zero-order valence-electron chi connectivity index (χ0n) is 11.6. The Morgan fingerprint density at radius 3 is 2.65 bits per heavy atom. The first-order valence-electron chi connectivity index (χ1n) is 6.70. The average Bonchev–Trinajstić information content (AvgIpc) is 2.46. The van der Waals surface area contributed by atoms with Crippen LogP contribution in [0.2, 0.25) is 0 Å². The summed E-state index contributed by atoms with van der Waals surface area (Å²) < 4.78 is 6.60. The Hall–Kier alpha value is -1.46. The molecule has 1 atom stereocenters. The van der Waals surface area contributed by atoms with Crippen LogP contribution in [0.3, 0.4) is 0 Å². The summed E-state index contributed by atoms with van der Waals surface area (Å²) in [6, 6.07) is 6.09. The van der Waals surface area contributed by atoms with Gasteiger partial charge < -0.3 is 10.1 Å². The molecule has 0 radical (unpaired) electrons. The molecule has 0 aliphatic rings. The number of pyridine rings is 2. The van der Waals surface area contributed by atoms with E-state index in [0.29, 0.717) is 17.5 Å². The van der Waals surface area contributed by atoms with Crippen LogP contribution < -0.4 is 10.1 Å². The number of hydrogen-bond donors (Lipinski definition) is 1. The highest BCUT2D eigenvalue weighted by atomic mass is 79.9. The summed E-state index contributed by atoms with van der Waals surface area (Å²) in [5.41, 5.74) is 1.04. The molecule has 0 saturated carbocycles. The van der Waals surface area contributed by atoms with Gasteiger partial charge in [0, 0.05) is 16.7 Å². The molecule has 0 spiro atoms. The van der Waals surface area contributed by atoms with E-state index in [-0.39, 0.29) is 0 Å². The van der Waals surface area contributed by atoms with E-state index in [0.717, 1.165) is 23.1 Å². The second kappa shape index (κ2) is 7.36. The minimum atomic E-state index is 0.293. The molecule has 5 heteroatoms.